The highest BCUT2D eigenvalue weighted by Crippen LogP contribution is 2.14. The summed E-state index contributed by atoms with van der Waals surface area (Å²) in [4.78, 5) is 24.4. The van der Waals surface area contributed by atoms with E-state index in [-0.39, 0.29) is 12.2 Å². The summed E-state index contributed by atoms with van der Waals surface area (Å²) in [5, 5.41) is 16.8. The van der Waals surface area contributed by atoms with Gasteiger partial charge in [-0.1, -0.05) is 22.9 Å². The molecule has 1 heterocycles. The number of carbonyl (C=O) groups excluding carboxylic acids is 1. The lowest BCUT2D eigenvalue weighted by Gasteiger charge is -2.17. The van der Waals surface area contributed by atoms with Gasteiger partial charge in [-0.3, -0.25) is 9.59 Å². The Labute approximate surface area is 128 Å². The zero-order chi connectivity index (χ0) is 16.3. The zero-order valence-electron chi connectivity index (χ0n) is 12.8. The molecule has 1 amide bonds. The first-order chi connectivity index (χ1) is 10.4. The third-order valence-corrected chi connectivity index (χ3v) is 3.37. The van der Waals surface area contributed by atoms with Crippen molar-refractivity contribution in [2.45, 2.75) is 20.8 Å². The first-order valence-corrected chi connectivity index (χ1v) is 6.94. The van der Waals surface area contributed by atoms with Crippen molar-refractivity contribution >= 4 is 11.9 Å². The Morgan fingerprint density at radius 3 is 2.41 bits per heavy atom. The van der Waals surface area contributed by atoms with E-state index in [4.69, 9.17) is 5.11 Å². The second-order valence-corrected chi connectivity index (χ2v) is 4.98. The van der Waals surface area contributed by atoms with Crippen LogP contribution in [0.25, 0.3) is 5.69 Å². The Morgan fingerprint density at radius 1 is 1.23 bits per heavy atom. The number of aryl methyl sites for hydroxylation is 1. The van der Waals surface area contributed by atoms with Crippen LogP contribution < -0.4 is 0 Å². The lowest BCUT2D eigenvalue weighted by atomic mass is 10.2. The molecular weight excluding hydrogens is 284 g/mol. The van der Waals surface area contributed by atoms with E-state index in [0.29, 0.717) is 12.2 Å². The number of hydrogen-bond acceptors (Lipinski definition) is 4. The minimum Gasteiger partial charge on any atom is -0.480 e. The summed E-state index contributed by atoms with van der Waals surface area (Å²) >= 11 is 0. The highest BCUT2D eigenvalue weighted by Gasteiger charge is 2.23. The average Bonchev–Trinajstić information content (AvgIpc) is 2.86. The molecule has 22 heavy (non-hydrogen) atoms. The van der Waals surface area contributed by atoms with Crippen molar-refractivity contribution in [2.24, 2.45) is 0 Å². The molecule has 2 aromatic rings. The minimum atomic E-state index is -1.06. The summed E-state index contributed by atoms with van der Waals surface area (Å²) in [6.45, 7) is 5.38. The van der Waals surface area contributed by atoms with E-state index in [2.05, 4.69) is 10.3 Å². The fourth-order valence-electron chi connectivity index (χ4n) is 2.10. The molecule has 0 fully saturated rings. The topological polar surface area (TPSA) is 88.3 Å². The molecule has 0 saturated carbocycles. The van der Waals surface area contributed by atoms with Gasteiger partial charge in [0, 0.05) is 6.54 Å². The molecule has 0 atom stereocenters. The number of carboxylic acids is 1. The van der Waals surface area contributed by atoms with Crippen LogP contribution in [-0.4, -0.2) is 50.0 Å². The Bertz CT molecular complexity index is 691. The highest BCUT2D eigenvalue weighted by molar-refractivity contribution is 5.95. The number of likely N-dealkylation sites (N-methyl/N-ethyl adjacent to an activating group) is 1. The number of rotatable bonds is 5. The van der Waals surface area contributed by atoms with E-state index >= 15 is 0 Å². The van der Waals surface area contributed by atoms with Crippen LogP contribution in [0.15, 0.2) is 24.3 Å². The van der Waals surface area contributed by atoms with Crippen LogP contribution in [0.4, 0.5) is 0 Å². The van der Waals surface area contributed by atoms with Gasteiger partial charge in [-0.05, 0) is 32.9 Å². The Kier molecular flexibility index (Phi) is 4.55. The number of aromatic nitrogens is 3. The monoisotopic (exact) mass is 302 g/mol. The van der Waals surface area contributed by atoms with Gasteiger partial charge in [-0.2, -0.15) is 0 Å². The van der Waals surface area contributed by atoms with E-state index in [0.717, 1.165) is 11.3 Å². The van der Waals surface area contributed by atoms with Crippen LogP contribution in [0.1, 0.15) is 28.7 Å². The molecule has 0 spiro atoms. The first-order valence-electron chi connectivity index (χ1n) is 6.94. The molecule has 7 nitrogen and oxygen atoms in total. The first kappa shape index (κ1) is 15.7. The zero-order valence-corrected chi connectivity index (χ0v) is 12.8. The third-order valence-electron chi connectivity index (χ3n) is 3.37. The molecule has 0 saturated heterocycles. The van der Waals surface area contributed by atoms with Crippen molar-refractivity contribution < 1.29 is 14.7 Å². The Hall–Kier alpha value is -2.70. The number of amides is 1. The van der Waals surface area contributed by atoms with Crippen molar-refractivity contribution in [1.82, 2.24) is 19.9 Å². The van der Waals surface area contributed by atoms with E-state index in [1.807, 2.05) is 31.2 Å². The lowest BCUT2D eigenvalue weighted by molar-refractivity contribution is -0.137. The van der Waals surface area contributed by atoms with E-state index in [1.54, 1.807) is 18.5 Å². The predicted octanol–water partition coefficient (Wildman–Crippen LogP) is 1.43. The van der Waals surface area contributed by atoms with Gasteiger partial charge in [-0.15, -0.1) is 5.10 Å². The standard InChI is InChI=1S/C15H18N4O3/c1-4-18(9-13(20)21)15(22)14-11(3)19(17-16-14)12-7-5-10(2)6-8-12/h5-8H,4,9H2,1-3H3,(H,20,21). The number of hydrogen-bond donors (Lipinski definition) is 1. The minimum absolute atomic E-state index is 0.170. The highest BCUT2D eigenvalue weighted by atomic mass is 16.4. The Morgan fingerprint density at radius 2 is 1.86 bits per heavy atom. The fraction of sp³-hybridized carbons (Fsp3) is 0.333. The maximum atomic E-state index is 12.4. The molecule has 2 rings (SSSR count). The summed E-state index contributed by atoms with van der Waals surface area (Å²) in [7, 11) is 0. The maximum Gasteiger partial charge on any atom is 0.323 e. The molecule has 116 valence electrons. The van der Waals surface area contributed by atoms with Gasteiger partial charge in [0.2, 0.25) is 0 Å². The van der Waals surface area contributed by atoms with Crippen molar-refractivity contribution in [3.63, 3.8) is 0 Å². The second kappa shape index (κ2) is 6.38. The molecule has 7 heteroatoms. The SMILES string of the molecule is CCN(CC(=O)O)C(=O)c1nnn(-c2ccc(C)cc2)c1C. The number of nitrogens with zero attached hydrogens (tertiary/aromatic N) is 4. The number of aliphatic carboxylic acids is 1. The normalized spacial score (nSPS) is 10.5. The van der Waals surface area contributed by atoms with Crippen molar-refractivity contribution in [1.29, 1.82) is 0 Å². The van der Waals surface area contributed by atoms with Gasteiger partial charge < -0.3 is 10.0 Å². The third kappa shape index (κ3) is 3.13. The molecule has 0 aliphatic carbocycles. The summed E-state index contributed by atoms with van der Waals surface area (Å²) in [6.07, 6.45) is 0. The molecule has 1 N–H and O–H groups in total. The number of benzene rings is 1. The average molecular weight is 302 g/mol. The summed E-state index contributed by atoms with van der Waals surface area (Å²) in [6, 6.07) is 7.67. The maximum absolute atomic E-state index is 12.4. The van der Waals surface area contributed by atoms with Gasteiger partial charge in [0.25, 0.3) is 5.91 Å². The van der Waals surface area contributed by atoms with Crippen LogP contribution in [-0.2, 0) is 4.79 Å². The van der Waals surface area contributed by atoms with Gasteiger partial charge >= 0.3 is 5.97 Å². The number of carboxylic acid groups (broad SMARTS) is 1. The number of carbonyl (C=O) groups is 2. The van der Waals surface area contributed by atoms with Crippen LogP contribution in [0, 0.1) is 13.8 Å². The molecular formula is C15H18N4O3. The van der Waals surface area contributed by atoms with Crippen LogP contribution >= 0.6 is 0 Å². The van der Waals surface area contributed by atoms with Crippen molar-refractivity contribution in [3.8, 4) is 5.69 Å². The smallest absolute Gasteiger partial charge is 0.323 e. The molecule has 1 aromatic heterocycles. The van der Waals surface area contributed by atoms with Crippen LogP contribution in [0.2, 0.25) is 0 Å². The molecule has 1 aromatic carbocycles. The molecule has 0 unspecified atom stereocenters. The molecule has 0 bridgehead atoms. The van der Waals surface area contributed by atoms with Gasteiger partial charge in [0.05, 0.1) is 11.4 Å². The van der Waals surface area contributed by atoms with Gasteiger partial charge in [0.1, 0.15) is 6.54 Å². The predicted molar refractivity (Wildman–Crippen MR) is 80.0 cm³/mol. The van der Waals surface area contributed by atoms with Crippen molar-refractivity contribution in [3.05, 3.63) is 41.2 Å². The van der Waals surface area contributed by atoms with Crippen molar-refractivity contribution in [2.75, 3.05) is 13.1 Å². The largest absolute Gasteiger partial charge is 0.480 e. The fourth-order valence-corrected chi connectivity index (χ4v) is 2.10. The van der Waals surface area contributed by atoms with E-state index in [9.17, 15) is 9.59 Å². The molecule has 0 aliphatic rings. The van der Waals surface area contributed by atoms with Crippen LogP contribution in [0.3, 0.4) is 0 Å². The van der Waals surface area contributed by atoms with E-state index in [1.165, 1.54) is 4.90 Å². The Balaban J connectivity index is 2.32. The molecule has 0 radical (unpaired) electrons. The summed E-state index contributed by atoms with van der Waals surface area (Å²) < 4.78 is 1.57. The van der Waals surface area contributed by atoms with Gasteiger partial charge in [0.15, 0.2) is 5.69 Å². The van der Waals surface area contributed by atoms with Crippen LogP contribution in [0.5, 0.6) is 0 Å². The quantitative estimate of drug-likeness (QED) is 0.902. The summed E-state index contributed by atoms with van der Waals surface area (Å²) in [5.41, 5.74) is 2.67. The van der Waals surface area contributed by atoms with Gasteiger partial charge in [-0.25, -0.2) is 4.68 Å². The van der Waals surface area contributed by atoms with E-state index < -0.39 is 11.9 Å². The molecule has 0 aliphatic heterocycles. The second-order valence-electron chi connectivity index (χ2n) is 4.98. The lowest BCUT2D eigenvalue weighted by Crippen LogP contribution is -2.36. The summed E-state index contributed by atoms with van der Waals surface area (Å²) in [5.74, 6) is -1.49.